The van der Waals surface area contributed by atoms with Crippen molar-refractivity contribution in [2.75, 3.05) is 25.6 Å². The molecule has 16 heavy (non-hydrogen) atoms. The lowest BCUT2D eigenvalue weighted by atomic mass is 10.3. The fourth-order valence-electron chi connectivity index (χ4n) is 1.40. The summed E-state index contributed by atoms with van der Waals surface area (Å²) < 4.78 is 10.7. The second-order valence-corrected chi connectivity index (χ2v) is 5.20. The minimum atomic E-state index is 0.586. The number of benzene rings is 1. The molecular weight excluding hydrogens is 222 g/mol. The average molecular weight is 239 g/mol. The zero-order chi connectivity index (χ0) is 11.4. The molecule has 0 radical (unpaired) electrons. The molecule has 2 N–H and O–H groups in total. The summed E-state index contributed by atoms with van der Waals surface area (Å²) in [5.74, 6) is 0.798. The first-order valence-electron chi connectivity index (χ1n) is 5.56. The molecular formula is C12H17NO2S. The summed E-state index contributed by atoms with van der Waals surface area (Å²) in [5, 5.41) is 0.586. The van der Waals surface area contributed by atoms with Crippen LogP contribution in [0.3, 0.4) is 0 Å². The summed E-state index contributed by atoms with van der Waals surface area (Å²) >= 11 is 1.83. The molecule has 1 fully saturated rings. The fraction of sp³-hybridized carbons (Fsp3) is 0.500. The van der Waals surface area contributed by atoms with E-state index in [1.54, 1.807) is 0 Å². The predicted octanol–water partition coefficient (Wildman–Crippen LogP) is 2.55. The number of anilines is 1. The van der Waals surface area contributed by atoms with Gasteiger partial charge in [0.2, 0.25) is 0 Å². The molecule has 1 aromatic rings. The second-order valence-electron chi connectivity index (χ2n) is 3.83. The molecule has 0 aromatic heterocycles. The lowest BCUT2D eigenvalue weighted by molar-refractivity contribution is 0.0455. The first kappa shape index (κ1) is 11.6. The third-order valence-electron chi connectivity index (χ3n) is 2.36. The number of nitrogen functional groups attached to an aromatic ring is 1. The van der Waals surface area contributed by atoms with E-state index < -0.39 is 0 Å². The molecule has 0 aliphatic carbocycles. The topological polar surface area (TPSA) is 44.5 Å². The Morgan fingerprint density at radius 3 is 2.94 bits per heavy atom. The second kappa shape index (κ2) is 5.46. The third kappa shape index (κ3) is 2.83. The summed E-state index contributed by atoms with van der Waals surface area (Å²) in [6, 6.07) is 5.97. The van der Waals surface area contributed by atoms with Crippen molar-refractivity contribution in [1.82, 2.24) is 0 Å². The number of ether oxygens (including phenoxy) is 2. The van der Waals surface area contributed by atoms with Gasteiger partial charge in [-0.05, 0) is 24.6 Å². The number of rotatable bonds is 5. The molecule has 3 nitrogen and oxygen atoms in total. The highest BCUT2D eigenvalue weighted by Crippen LogP contribution is 2.33. The Bertz CT molecular complexity index is 353. The normalized spacial score (nSPS) is 15.8. The van der Waals surface area contributed by atoms with Crippen molar-refractivity contribution in [3.63, 3.8) is 0 Å². The van der Waals surface area contributed by atoms with Gasteiger partial charge in [-0.2, -0.15) is 0 Å². The van der Waals surface area contributed by atoms with Gasteiger partial charge in [-0.15, -0.1) is 11.8 Å². The van der Waals surface area contributed by atoms with Gasteiger partial charge in [0.15, 0.2) is 0 Å². The maximum Gasteiger partial charge on any atom is 0.143 e. The van der Waals surface area contributed by atoms with Crippen LogP contribution in [0.1, 0.15) is 13.3 Å². The van der Waals surface area contributed by atoms with Crippen molar-refractivity contribution in [2.45, 2.75) is 23.5 Å². The zero-order valence-corrected chi connectivity index (χ0v) is 10.3. The van der Waals surface area contributed by atoms with Crippen molar-refractivity contribution in [2.24, 2.45) is 0 Å². The van der Waals surface area contributed by atoms with Crippen LogP contribution < -0.4 is 10.5 Å². The summed E-state index contributed by atoms with van der Waals surface area (Å²) in [7, 11) is 0. The lowest BCUT2D eigenvalue weighted by Crippen LogP contribution is -2.29. The number of thioether (sulfide) groups is 1. The van der Waals surface area contributed by atoms with Gasteiger partial charge in [0.25, 0.3) is 0 Å². The molecule has 0 atom stereocenters. The van der Waals surface area contributed by atoms with Gasteiger partial charge >= 0.3 is 0 Å². The van der Waals surface area contributed by atoms with Gasteiger partial charge in [-0.25, -0.2) is 0 Å². The fourth-order valence-corrected chi connectivity index (χ4v) is 2.43. The standard InChI is InChI=1S/C12H17NO2S/c1-2-5-15-12-6-9(3-4-11(12)13)16-10-7-14-8-10/h3-4,6,10H,2,5,7-8,13H2,1H3. The first-order chi connectivity index (χ1) is 7.79. The van der Waals surface area contributed by atoms with Crippen molar-refractivity contribution in [3.05, 3.63) is 18.2 Å². The maximum atomic E-state index is 5.85. The first-order valence-corrected chi connectivity index (χ1v) is 6.44. The van der Waals surface area contributed by atoms with Crippen molar-refractivity contribution < 1.29 is 9.47 Å². The highest BCUT2D eigenvalue weighted by Gasteiger charge is 2.19. The largest absolute Gasteiger partial charge is 0.491 e. The summed E-state index contributed by atoms with van der Waals surface area (Å²) in [5.41, 5.74) is 6.56. The molecule has 1 aliphatic heterocycles. The Kier molecular flexibility index (Phi) is 3.96. The molecule has 0 unspecified atom stereocenters. The minimum absolute atomic E-state index is 0.586. The van der Waals surface area contributed by atoms with Crippen molar-refractivity contribution in [1.29, 1.82) is 0 Å². The van der Waals surface area contributed by atoms with Gasteiger partial charge < -0.3 is 15.2 Å². The predicted molar refractivity (Wildman–Crippen MR) is 67.1 cm³/mol. The molecule has 0 amide bonds. The van der Waals surface area contributed by atoms with Gasteiger partial charge in [0.1, 0.15) is 5.75 Å². The van der Waals surface area contributed by atoms with E-state index in [0.29, 0.717) is 17.5 Å². The van der Waals surface area contributed by atoms with E-state index in [1.165, 1.54) is 4.90 Å². The Morgan fingerprint density at radius 2 is 2.31 bits per heavy atom. The van der Waals surface area contributed by atoms with E-state index in [4.69, 9.17) is 15.2 Å². The van der Waals surface area contributed by atoms with E-state index in [-0.39, 0.29) is 0 Å². The highest BCUT2D eigenvalue weighted by molar-refractivity contribution is 8.00. The van der Waals surface area contributed by atoms with Gasteiger partial charge in [-0.3, -0.25) is 0 Å². The number of hydrogen-bond donors (Lipinski definition) is 1. The van der Waals surface area contributed by atoms with E-state index in [1.807, 2.05) is 30.0 Å². The summed E-state index contributed by atoms with van der Waals surface area (Å²) in [6.07, 6.45) is 0.993. The summed E-state index contributed by atoms with van der Waals surface area (Å²) in [4.78, 5) is 1.20. The van der Waals surface area contributed by atoms with Crippen LogP contribution in [0.4, 0.5) is 5.69 Å². The quantitative estimate of drug-likeness (QED) is 0.802. The minimum Gasteiger partial charge on any atom is -0.491 e. The van der Waals surface area contributed by atoms with Crippen LogP contribution in [0, 0.1) is 0 Å². The Morgan fingerprint density at radius 1 is 1.50 bits per heavy atom. The third-order valence-corrected chi connectivity index (χ3v) is 3.49. The molecule has 1 saturated heterocycles. The van der Waals surface area contributed by atoms with Crippen LogP contribution in [0.5, 0.6) is 5.75 Å². The Labute approximate surface area is 100 Å². The maximum absolute atomic E-state index is 5.85. The van der Waals surface area contributed by atoms with Crippen molar-refractivity contribution >= 4 is 17.4 Å². The lowest BCUT2D eigenvalue weighted by Gasteiger charge is -2.25. The molecule has 0 saturated carbocycles. The smallest absolute Gasteiger partial charge is 0.143 e. The SMILES string of the molecule is CCCOc1cc(SC2COC2)ccc1N. The molecule has 1 heterocycles. The molecule has 88 valence electrons. The molecule has 1 aromatic carbocycles. The average Bonchev–Trinajstić information content (AvgIpc) is 2.23. The monoisotopic (exact) mass is 239 g/mol. The van der Waals surface area contributed by atoms with E-state index in [2.05, 4.69) is 6.92 Å². The number of hydrogen-bond acceptors (Lipinski definition) is 4. The van der Waals surface area contributed by atoms with Gasteiger partial charge in [-0.1, -0.05) is 6.92 Å². The van der Waals surface area contributed by atoms with Crippen LogP contribution in [0.15, 0.2) is 23.1 Å². The van der Waals surface area contributed by atoms with Crippen LogP contribution in [-0.2, 0) is 4.74 Å². The van der Waals surface area contributed by atoms with E-state index in [9.17, 15) is 0 Å². The van der Waals surface area contributed by atoms with Crippen LogP contribution in [0.25, 0.3) is 0 Å². The Hall–Kier alpha value is -0.870. The van der Waals surface area contributed by atoms with Gasteiger partial charge in [0, 0.05) is 4.90 Å². The van der Waals surface area contributed by atoms with E-state index >= 15 is 0 Å². The molecule has 4 heteroatoms. The zero-order valence-electron chi connectivity index (χ0n) is 9.44. The Balaban J connectivity index is 2.01. The van der Waals surface area contributed by atoms with Crippen LogP contribution >= 0.6 is 11.8 Å². The van der Waals surface area contributed by atoms with Gasteiger partial charge in [0.05, 0.1) is 30.8 Å². The number of nitrogens with two attached hydrogens (primary N) is 1. The van der Waals surface area contributed by atoms with Crippen LogP contribution in [-0.4, -0.2) is 25.1 Å². The molecule has 2 rings (SSSR count). The molecule has 0 spiro atoms. The molecule has 0 bridgehead atoms. The summed E-state index contributed by atoms with van der Waals surface area (Å²) in [6.45, 7) is 4.49. The van der Waals surface area contributed by atoms with Crippen molar-refractivity contribution in [3.8, 4) is 5.75 Å². The van der Waals surface area contributed by atoms with E-state index in [0.717, 1.165) is 25.4 Å². The van der Waals surface area contributed by atoms with Crippen LogP contribution in [0.2, 0.25) is 0 Å². The molecule has 1 aliphatic rings. The highest BCUT2D eigenvalue weighted by atomic mass is 32.2.